The molecule has 1 unspecified atom stereocenters. The molecular weight excluding hydrogens is 583 g/mol. The van der Waals surface area contributed by atoms with E-state index in [1.807, 2.05) is 0 Å². The van der Waals surface area contributed by atoms with Gasteiger partial charge in [0.15, 0.2) is 0 Å². The first-order valence-corrected chi connectivity index (χ1v) is 18.2. The fourth-order valence-corrected chi connectivity index (χ4v) is 13.9. The maximum atomic E-state index is 5.18. The number of hydrogen-bond acceptors (Lipinski definition) is 0. The molecule has 0 radical (unpaired) electrons. The van der Waals surface area contributed by atoms with Gasteiger partial charge in [-0.3, -0.25) is 0 Å². The molecule has 0 fully saturated rings. The summed E-state index contributed by atoms with van der Waals surface area (Å²) in [4.78, 5) is 0. The number of rotatable bonds is 4. The first-order chi connectivity index (χ1) is 16.6. The number of fused-ring (bicyclic) bond motifs is 3. The van der Waals surface area contributed by atoms with Crippen molar-refractivity contribution in [1.82, 2.24) is 0 Å². The molecule has 0 nitrogen and oxygen atoms in total. The molecule has 2 aromatic rings. The van der Waals surface area contributed by atoms with Crippen LogP contribution in [0, 0.1) is 11.3 Å². The van der Waals surface area contributed by atoms with E-state index >= 15 is 0 Å². The van der Waals surface area contributed by atoms with Crippen LogP contribution in [0.3, 0.4) is 0 Å². The Kier molecular flexibility index (Phi) is 10.2. The van der Waals surface area contributed by atoms with Crippen LogP contribution in [0.15, 0.2) is 50.8 Å². The molecule has 0 heterocycles. The Hall–Kier alpha value is -0.747. The molecule has 0 saturated heterocycles. The van der Waals surface area contributed by atoms with Gasteiger partial charge in [0.05, 0.1) is 0 Å². The van der Waals surface area contributed by atoms with Crippen LogP contribution >= 0.6 is 0 Å². The minimum absolute atomic E-state index is 0. The molecule has 0 saturated carbocycles. The van der Waals surface area contributed by atoms with Crippen molar-refractivity contribution in [3.8, 4) is 11.1 Å². The zero-order valence-corrected chi connectivity index (χ0v) is 29.6. The van der Waals surface area contributed by atoms with E-state index in [1.165, 1.54) is 28.7 Å². The summed E-state index contributed by atoms with van der Waals surface area (Å²) in [6.45, 7) is 26.1. The smallest absolute Gasteiger partial charge is 1.00 e. The van der Waals surface area contributed by atoms with Crippen LogP contribution in [-0.4, -0.2) is 4.21 Å². The van der Waals surface area contributed by atoms with Gasteiger partial charge in [0.1, 0.15) is 0 Å². The molecule has 2 aliphatic carbocycles. The van der Waals surface area contributed by atoms with E-state index in [2.05, 4.69) is 113 Å². The predicted octanol–water partition coefficient (Wildman–Crippen LogP) is 3.21. The van der Waals surface area contributed by atoms with E-state index in [4.69, 9.17) is 4.21 Å². The summed E-state index contributed by atoms with van der Waals surface area (Å²) < 4.78 is 8.65. The van der Waals surface area contributed by atoms with Gasteiger partial charge in [-0.2, -0.15) is 0 Å². The van der Waals surface area contributed by atoms with E-state index in [9.17, 15) is 0 Å². The van der Waals surface area contributed by atoms with Gasteiger partial charge in [-0.05, 0) is 0 Å². The van der Waals surface area contributed by atoms with E-state index < -0.39 is 21.3 Å². The van der Waals surface area contributed by atoms with Crippen molar-refractivity contribution in [2.45, 2.75) is 106 Å². The SMILES string of the molecule is [CH2]=[Zr+2]([C]1=C(CC)C(C(C)(C)C)=CC1CC)[c]1c(C(C)(C)C)ccc2c1Cc1cc(C(C)(C)C)ccc1-2.[Cl-].[Cl-]. The van der Waals surface area contributed by atoms with Gasteiger partial charge >= 0.3 is 231 Å². The van der Waals surface area contributed by atoms with E-state index in [1.54, 1.807) is 28.8 Å². The minimum atomic E-state index is -2.42. The topological polar surface area (TPSA) is 0 Å². The average Bonchev–Trinajstić information content (AvgIpc) is 3.34. The fourth-order valence-electron chi connectivity index (χ4n) is 6.41. The summed E-state index contributed by atoms with van der Waals surface area (Å²) in [7, 11) is 0. The standard InChI is InChI=1S/C21H25.C13H21.CH2.2ClH.Zr/c1-20(2,3)16-7-9-18-14(12-16)11-15-13-17(21(4,5)6)8-10-19(15)18;1-6-10-8-11(7-2)12(9-10)13(3,4)5;;;;/h7-10,12H,11H2,1-6H3;9-10H,6-7H2,1-5H3;1H2;2*1H;/q;;;;;+2/p-2. The molecule has 2 aromatic carbocycles. The monoisotopic (exact) mass is 628 g/mol. The van der Waals surface area contributed by atoms with Gasteiger partial charge in [-0.25, -0.2) is 0 Å². The largest absolute Gasteiger partial charge is 1.00 e. The van der Waals surface area contributed by atoms with E-state index in [0.29, 0.717) is 5.92 Å². The second-order valence-electron chi connectivity index (χ2n) is 14.1. The Bertz CT molecular complexity index is 1290. The van der Waals surface area contributed by atoms with Crippen molar-refractivity contribution >= 4 is 7.48 Å². The number of hydrogen-bond donors (Lipinski definition) is 0. The molecule has 0 aliphatic heterocycles. The van der Waals surface area contributed by atoms with Crippen molar-refractivity contribution in [1.29, 1.82) is 0 Å². The number of allylic oxidation sites excluding steroid dienone is 4. The third kappa shape index (κ3) is 5.97. The van der Waals surface area contributed by atoms with Crippen molar-refractivity contribution in [2.24, 2.45) is 11.3 Å². The second kappa shape index (κ2) is 11.6. The molecule has 3 heteroatoms. The van der Waals surface area contributed by atoms with E-state index in [0.717, 1.165) is 12.8 Å². The molecule has 1 atom stereocenters. The zero-order valence-electron chi connectivity index (χ0n) is 25.6. The molecule has 0 aromatic heterocycles. The molecular formula is C35H48Cl2Zr. The second-order valence-corrected chi connectivity index (χ2v) is 19.0. The van der Waals surface area contributed by atoms with Gasteiger partial charge in [-0.1, -0.05) is 0 Å². The van der Waals surface area contributed by atoms with Crippen LogP contribution in [0.5, 0.6) is 0 Å². The molecule has 206 valence electrons. The Morgan fingerprint density at radius 1 is 0.816 bits per heavy atom. The summed E-state index contributed by atoms with van der Waals surface area (Å²) in [6.07, 6.45) is 6.01. The van der Waals surface area contributed by atoms with Crippen molar-refractivity contribution in [3.63, 3.8) is 0 Å². The van der Waals surface area contributed by atoms with Gasteiger partial charge < -0.3 is 24.8 Å². The van der Waals surface area contributed by atoms with Gasteiger partial charge in [-0.15, -0.1) is 0 Å². The van der Waals surface area contributed by atoms with Crippen molar-refractivity contribution in [2.75, 3.05) is 0 Å². The van der Waals surface area contributed by atoms with Crippen LogP contribution in [0.1, 0.15) is 111 Å². The molecule has 0 amide bonds. The molecule has 38 heavy (non-hydrogen) atoms. The molecule has 0 bridgehead atoms. The Morgan fingerprint density at radius 3 is 1.92 bits per heavy atom. The normalized spacial score (nSPS) is 16.7. The molecule has 0 N–H and O–H groups in total. The van der Waals surface area contributed by atoms with Crippen molar-refractivity contribution in [3.05, 3.63) is 73.1 Å². The van der Waals surface area contributed by atoms with Crippen LogP contribution in [-0.2, 0) is 38.5 Å². The third-order valence-corrected chi connectivity index (χ3v) is 14.5. The Morgan fingerprint density at radius 2 is 1.42 bits per heavy atom. The third-order valence-electron chi connectivity index (χ3n) is 8.37. The van der Waals surface area contributed by atoms with Crippen LogP contribution in [0.4, 0.5) is 0 Å². The first-order valence-electron chi connectivity index (χ1n) is 14.0. The Balaban J connectivity index is 0.00000253. The van der Waals surface area contributed by atoms with Gasteiger partial charge in [0.25, 0.3) is 0 Å². The fraction of sp³-hybridized carbons (Fsp3) is 0.514. The summed E-state index contributed by atoms with van der Waals surface area (Å²) in [6, 6.07) is 12.1. The van der Waals surface area contributed by atoms with Crippen molar-refractivity contribution < 1.29 is 46.1 Å². The number of halogens is 2. The first kappa shape index (κ1) is 33.5. The summed E-state index contributed by atoms with van der Waals surface area (Å²) >= 11 is -2.42. The van der Waals surface area contributed by atoms with Crippen LogP contribution < -0.4 is 28.1 Å². The van der Waals surface area contributed by atoms with Gasteiger partial charge in [0.2, 0.25) is 0 Å². The van der Waals surface area contributed by atoms with Crippen LogP contribution in [0.2, 0.25) is 0 Å². The molecule has 4 rings (SSSR count). The minimum Gasteiger partial charge on any atom is -1.00 e. The quantitative estimate of drug-likeness (QED) is 0.416. The summed E-state index contributed by atoms with van der Waals surface area (Å²) in [5, 5.41) is 0. The van der Waals surface area contributed by atoms with Crippen LogP contribution in [0.25, 0.3) is 11.1 Å². The molecule has 2 aliphatic rings. The van der Waals surface area contributed by atoms with Gasteiger partial charge in [0, 0.05) is 0 Å². The van der Waals surface area contributed by atoms with E-state index in [-0.39, 0.29) is 41.1 Å². The summed E-state index contributed by atoms with van der Waals surface area (Å²) in [5.41, 5.74) is 12.8. The summed E-state index contributed by atoms with van der Waals surface area (Å²) in [5.74, 6) is 0.570. The maximum absolute atomic E-state index is 5.18. The number of benzene rings is 2. The zero-order chi connectivity index (χ0) is 26.8. The average molecular weight is 631 g/mol. The Labute approximate surface area is 253 Å². The predicted molar refractivity (Wildman–Crippen MR) is 157 cm³/mol. The molecule has 0 spiro atoms. The maximum Gasteiger partial charge on any atom is -1.00 e.